The molecule has 8 heteroatoms. The van der Waals surface area contributed by atoms with E-state index < -0.39 is 0 Å². The normalized spacial score (nSPS) is 10.6. The molecule has 0 amide bonds. The molecule has 2 aromatic heterocycles. The number of anilines is 2. The Bertz CT molecular complexity index is 774. The van der Waals surface area contributed by atoms with E-state index >= 15 is 0 Å². The van der Waals surface area contributed by atoms with Crippen molar-refractivity contribution in [1.82, 2.24) is 24.5 Å². The Morgan fingerprint density at radius 2 is 2.10 bits per heavy atom. The minimum absolute atomic E-state index is 0.113. The van der Waals surface area contributed by atoms with Gasteiger partial charge in [0, 0.05) is 22.6 Å². The molecule has 0 aliphatic heterocycles. The fourth-order valence-electron chi connectivity index (χ4n) is 1.69. The molecule has 0 fully saturated rings. The maximum absolute atomic E-state index is 5.94. The molecule has 0 saturated carbocycles. The van der Waals surface area contributed by atoms with Crippen molar-refractivity contribution in [2.45, 2.75) is 6.92 Å². The van der Waals surface area contributed by atoms with Crippen molar-refractivity contribution in [3.8, 4) is 5.95 Å². The zero-order valence-electron chi connectivity index (χ0n) is 11.0. The summed E-state index contributed by atoms with van der Waals surface area (Å²) in [7, 11) is 0. The second-order valence-corrected chi connectivity index (χ2v) is 5.48. The van der Waals surface area contributed by atoms with Crippen molar-refractivity contribution < 1.29 is 0 Å². The van der Waals surface area contributed by atoms with Crippen molar-refractivity contribution >= 4 is 39.2 Å². The minimum atomic E-state index is 0.113. The standard InChI is InChI=1S/C13H10BrClN6/c1-8-2-3-9(6-10(8)14)17-12-18-11(15)19-13(20-12)21-5-4-16-7-21/h2-7H,1H3,(H,17,18,19,20). The van der Waals surface area contributed by atoms with Gasteiger partial charge in [-0.15, -0.1) is 0 Å². The summed E-state index contributed by atoms with van der Waals surface area (Å²) in [6, 6.07) is 5.88. The van der Waals surface area contributed by atoms with Crippen LogP contribution in [-0.2, 0) is 0 Å². The van der Waals surface area contributed by atoms with Crippen LogP contribution in [0, 0.1) is 6.92 Å². The second-order valence-electron chi connectivity index (χ2n) is 4.29. The monoisotopic (exact) mass is 364 g/mol. The fourth-order valence-corrected chi connectivity index (χ4v) is 2.22. The molecule has 3 rings (SSSR count). The summed E-state index contributed by atoms with van der Waals surface area (Å²) in [5.74, 6) is 0.774. The van der Waals surface area contributed by atoms with Crippen LogP contribution in [0.5, 0.6) is 0 Å². The highest BCUT2D eigenvalue weighted by atomic mass is 79.9. The van der Waals surface area contributed by atoms with E-state index in [1.165, 1.54) is 0 Å². The van der Waals surface area contributed by atoms with Gasteiger partial charge in [0.05, 0.1) is 0 Å². The largest absolute Gasteiger partial charge is 0.324 e. The molecular formula is C13H10BrClN6. The lowest BCUT2D eigenvalue weighted by Gasteiger charge is -2.08. The van der Waals surface area contributed by atoms with Gasteiger partial charge in [0.15, 0.2) is 0 Å². The van der Waals surface area contributed by atoms with E-state index in [4.69, 9.17) is 11.6 Å². The molecule has 1 N–H and O–H groups in total. The van der Waals surface area contributed by atoms with Gasteiger partial charge in [0.1, 0.15) is 6.33 Å². The van der Waals surface area contributed by atoms with E-state index in [0.717, 1.165) is 15.7 Å². The first-order valence-electron chi connectivity index (χ1n) is 6.05. The number of aryl methyl sites for hydroxylation is 1. The maximum atomic E-state index is 5.94. The van der Waals surface area contributed by atoms with Gasteiger partial charge in [-0.2, -0.15) is 15.0 Å². The number of halogens is 2. The molecule has 0 unspecified atom stereocenters. The number of rotatable bonds is 3. The van der Waals surface area contributed by atoms with Gasteiger partial charge in [0.2, 0.25) is 17.2 Å². The van der Waals surface area contributed by atoms with Crippen molar-refractivity contribution in [2.24, 2.45) is 0 Å². The number of nitrogens with zero attached hydrogens (tertiary/aromatic N) is 5. The molecule has 0 radical (unpaired) electrons. The molecule has 0 bridgehead atoms. The topological polar surface area (TPSA) is 68.5 Å². The lowest BCUT2D eigenvalue weighted by molar-refractivity contribution is 0.899. The van der Waals surface area contributed by atoms with Gasteiger partial charge in [-0.05, 0) is 36.2 Å². The predicted octanol–water partition coefficient (Wildman–Crippen LogP) is 3.53. The summed E-state index contributed by atoms with van der Waals surface area (Å²) in [5.41, 5.74) is 2.00. The molecule has 0 spiro atoms. The fraction of sp³-hybridized carbons (Fsp3) is 0.0769. The van der Waals surface area contributed by atoms with Crippen molar-refractivity contribution in [1.29, 1.82) is 0 Å². The molecule has 0 aliphatic rings. The lowest BCUT2D eigenvalue weighted by atomic mass is 10.2. The summed E-state index contributed by atoms with van der Waals surface area (Å²) < 4.78 is 2.66. The molecule has 0 saturated heterocycles. The van der Waals surface area contributed by atoms with E-state index in [1.54, 1.807) is 23.3 Å². The van der Waals surface area contributed by atoms with Gasteiger partial charge in [0.25, 0.3) is 0 Å². The molecule has 0 aliphatic carbocycles. The Kier molecular flexibility index (Phi) is 3.85. The highest BCUT2D eigenvalue weighted by Crippen LogP contribution is 2.23. The van der Waals surface area contributed by atoms with Crippen LogP contribution < -0.4 is 5.32 Å². The Labute approximate surface area is 134 Å². The number of benzene rings is 1. The maximum Gasteiger partial charge on any atom is 0.241 e. The van der Waals surface area contributed by atoms with Gasteiger partial charge < -0.3 is 5.32 Å². The number of nitrogens with one attached hydrogen (secondary N) is 1. The van der Waals surface area contributed by atoms with Crippen LogP contribution in [0.2, 0.25) is 5.28 Å². The quantitative estimate of drug-likeness (QED) is 0.769. The van der Waals surface area contributed by atoms with E-state index in [2.05, 4.69) is 41.2 Å². The zero-order valence-corrected chi connectivity index (χ0v) is 13.3. The molecular weight excluding hydrogens is 356 g/mol. The molecule has 0 atom stereocenters. The van der Waals surface area contributed by atoms with Crippen LogP contribution in [0.1, 0.15) is 5.56 Å². The Hall–Kier alpha value is -1.99. The van der Waals surface area contributed by atoms with Crippen molar-refractivity contribution in [3.63, 3.8) is 0 Å². The van der Waals surface area contributed by atoms with E-state index in [1.807, 2.05) is 25.1 Å². The summed E-state index contributed by atoms with van der Waals surface area (Å²) in [6.45, 7) is 2.02. The summed E-state index contributed by atoms with van der Waals surface area (Å²) >= 11 is 9.43. The van der Waals surface area contributed by atoms with Crippen molar-refractivity contribution in [2.75, 3.05) is 5.32 Å². The Morgan fingerprint density at radius 1 is 1.24 bits per heavy atom. The van der Waals surface area contributed by atoms with Crippen LogP contribution in [-0.4, -0.2) is 24.5 Å². The second kappa shape index (κ2) is 5.79. The van der Waals surface area contributed by atoms with Crippen LogP contribution in [0.4, 0.5) is 11.6 Å². The molecule has 1 aromatic carbocycles. The van der Waals surface area contributed by atoms with E-state index in [0.29, 0.717) is 11.9 Å². The number of hydrogen-bond acceptors (Lipinski definition) is 5. The SMILES string of the molecule is Cc1ccc(Nc2nc(Cl)nc(-n3ccnc3)n2)cc1Br. The van der Waals surface area contributed by atoms with Gasteiger partial charge in [-0.3, -0.25) is 4.57 Å². The highest BCUT2D eigenvalue weighted by Gasteiger charge is 2.07. The third-order valence-corrected chi connectivity index (χ3v) is 3.78. The highest BCUT2D eigenvalue weighted by molar-refractivity contribution is 9.10. The number of aromatic nitrogens is 5. The summed E-state index contributed by atoms with van der Waals surface area (Å²) in [5, 5.41) is 3.22. The molecule has 106 valence electrons. The third kappa shape index (κ3) is 3.20. The minimum Gasteiger partial charge on any atom is -0.324 e. The van der Waals surface area contributed by atoms with Gasteiger partial charge >= 0.3 is 0 Å². The Morgan fingerprint density at radius 3 is 2.81 bits per heavy atom. The summed E-state index contributed by atoms with van der Waals surface area (Å²) in [6.07, 6.45) is 4.97. The zero-order chi connectivity index (χ0) is 14.8. The van der Waals surface area contributed by atoms with Gasteiger partial charge in [-0.1, -0.05) is 22.0 Å². The molecule has 21 heavy (non-hydrogen) atoms. The summed E-state index contributed by atoms with van der Waals surface area (Å²) in [4.78, 5) is 16.4. The predicted molar refractivity (Wildman–Crippen MR) is 84.1 cm³/mol. The number of imidazole rings is 1. The smallest absolute Gasteiger partial charge is 0.241 e. The van der Waals surface area contributed by atoms with Crippen LogP contribution >= 0.6 is 27.5 Å². The average Bonchev–Trinajstić information content (AvgIpc) is 2.96. The first-order chi connectivity index (χ1) is 10.1. The molecule has 3 aromatic rings. The first-order valence-corrected chi connectivity index (χ1v) is 7.22. The van der Waals surface area contributed by atoms with Crippen LogP contribution in [0.25, 0.3) is 5.95 Å². The average molecular weight is 366 g/mol. The van der Waals surface area contributed by atoms with Crippen LogP contribution in [0.15, 0.2) is 41.4 Å². The first kappa shape index (κ1) is 14.0. The molecule has 6 nitrogen and oxygen atoms in total. The number of hydrogen-bond donors (Lipinski definition) is 1. The van der Waals surface area contributed by atoms with E-state index in [-0.39, 0.29) is 5.28 Å². The molecule has 2 heterocycles. The Balaban J connectivity index is 1.93. The third-order valence-electron chi connectivity index (χ3n) is 2.76. The van der Waals surface area contributed by atoms with Crippen LogP contribution in [0.3, 0.4) is 0 Å². The van der Waals surface area contributed by atoms with E-state index in [9.17, 15) is 0 Å². The van der Waals surface area contributed by atoms with Gasteiger partial charge in [-0.25, -0.2) is 4.98 Å². The lowest BCUT2D eigenvalue weighted by Crippen LogP contribution is -2.05. The van der Waals surface area contributed by atoms with Crippen molar-refractivity contribution in [3.05, 3.63) is 52.2 Å².